The topological polar surface area (TPSA) is 229 Å². The van der Waals surface area contributed by atoms with Crippen molar-refractivity contribution in [3.8, 4) is 28.7 Å². The molecule has 1 amide bonds. The molecule has 1 saturated heterocycles. The van der Waals surface area contributed by atoms with Gasteiger partial charge in [0, 0.05) is 88.0 Å². The van der Waals surface area contributed by atoms with Gasteiger partial charge >= 0.3 is 17.7 Å². The van der Waals surface area contributed by atoms with Crippen molar-refractivity contribution in [2.24, 2.45) is 28.8 Å². The number of fused-ring (bicyclic) bond motifs is 16. The Morgan fingerprint density at radius 3 is 2.22 bits per heavy atom. The van der Waals surface area contributed by atoms with Crippen LogP contribution in [0.2, 0.25) is 0 Å². The van der Waals surface area contributed by atoms with E-state index < -0.39 is 89.0 Å². The number of carbonyl (C=O) groups excluding carboxylic acids is 3. The standard InChI is InChI=1S/C47H64N4O13/c1-24-13-12-14-25(2)45(58)49-36-32(23-48-51-20-18-50(19-21-51)31-15-10-11-16-31)40(56)35-34(41(36)57)39(55)29(6)43-44(35)63-46(59)47(8,64-43)61-22-17-33(60-9)26(3)42(62-30(7)52)28(5)38(54)27(4)37(24)53/h12-14,17,22-24,26-28,31,33,37-38,42,53-57H,10-11,15-16,18-21H2,1-9H3,(H,49,58)/b13-12+,22-17+,25-14-,48-23+/t24-,26+,27+,28+,33-,37-,38+,42+,47-/m0/s1. The molecule has 17 heteroatoms. The second-order valence-electron chi connectivity index (χ2n) is 17.8. The third kappa shape index (κ3) is 9.67. The van der Waals surface area contributed by atoms with E-state index in [1.165, 1.54) is 78.9 Å². The number of hydrazone groups is 1. The average molecular weight is 893 g/mol. The molecule has 0 unspecified atom stereocenters. The van der Waals surface area contributed by atoms with Gasteiger partial charge in [-0.3, -0.25) is 19.5 Å². The van der Waals surface area contributed by atoms with Crippen LogP contribution in [0.25, 0.3) is 10.8 Å². The maximum atomic E-state index is 13.9. The SMILES string of the molecule is CO[C@H]1/C=C/O[C@@]2(C)Oc3c(C)c(O)c4c(O)c(c(/C=N/N5CCN(C6CCCC6)CC5)c(O)c4c3OC2=O)NC(=O)/C(C)=C\C=C\[C@H](C)[C@H](O)[C@@H](C)[C@@H](O)[C@@H](C)[C@H](OC(C)=O)[C@@H]1C. The minimum absolute atomic E-state index is 0.0137. The fourth-order valence-corrected chi connectivity index (χ4v) is 9.26. The first-order valence-electron chi connectivity index (χ1n) is 22.1. The number of allylic oxidation sites excluding steroid dienone is 2. The van der Waals surface area contributed by atoms with E-state index in [4.69, 9.17) is 23.7 Å². The van der Waals surface area contributed by atoms with Crippen molar-refractivity contribution in [2.75, 3.05) is 38.6 Å². The van der Waals surface area contributed by atoms with Crippen molar-refractivity contribution < 1.29 is 63.6 Å². The summed E-state index contributed by atoms with van der Waals surface area (Å²) in [5.41, 5.74) is -0.220. The molecule has 1 aliphatic carbocycles. The number of nitrogens with zero attached hydrogens (tertiary/aromatic N) is 3. The Morgan fingerprint density at radius 2 is 1.58 bits per heavy atom. The number of aromatic hydroxyl groups is 3. The largest absolute Gasteiger partial charge is 0.507 e. The quantitative estimate of drug-likeness (QED) is 0.0729. The molecule has 7 rings (SSSR count). The van der Waals surface area contributed by atoms with Gasteiger partial charge in [0.05, 0.1) is 52.8 Å². The molecule has 1 saturated carbocycles. The fourth-order valence-electron chi connectivity index (χ4n) is 9.26. The van der Waals surface area contributed by atoms with Gasteiger partial charge in [-0.15, -0.1) is 0 Å². The Hall–Kier alpha value is -5.36. The van der Waals surface area contributed by atoms with Gasteiger partial charge in [0.15, 0.2) is 17.2 Å². The second kappa shape index (κ2) is 19.8. The average Bonchev–Trinajstić information content (AvgIpc) is 3.82. The summed E-state index contributed by atoms with van der Waals surface area (Å²) in [7, 11) is 1.43. The van der Waals surface area contributed by atoms with E-state index in [-0.39, 0.29) is 44.7 Å². The lowest BCUT2D eigenvalue weighted by Crippen LogP contribution is -2.49. The van der Waals surface area contributed by atoms with E-state index in [1.54, 1.807) is 39.8 Å². The van der Waals surface area contributed by atoms with Gasteiger partial charge in [-0.05, 0) is 32.8 Å². The Morgan fingerprint density at radius 1 is 0.906 bits per heavy atom. The van der Waals surface area contributed by atoms with Gasteiger partial charge in [0.25, 0.3) is 5.91 Å². The number of benzene rings is 2. The summed E-state index contributed by atoms with van der Waals surface area (Å²) in [5.74, 6) is -9.26. The van der Waals surface area contributed by atoms with Crippen molar-refractivity contribution in [3.05, 3.63) is 47.3 Å². The van der Waals surface area contributed by atoms with Gasteiger partial charge in [-0.1, -0.05) is 58.8 Å². The molecule has 5 aliphatic rings. The highest BCUT2D eigenvalue weighted by atomic mass is 16.7. The summed E-state index contributed by atoms with van der Waals surface area (Å²) in [6.45, 7) is 15.2. The molecule has 350 valence electrons. The molecular formula is C47H64N4O13. The number of phenols is 3. The molecule has 0 aromatic heterocycles. The van der Waals surface area contributed by atoms with Crippen molar-refractivity contribution in [1.82, 2.24) is 9.91 Å². The number of hydrogen-bond donors (Lipinski definition) is 6. The summed E-state index contributed by atoms with van der Waals surface area (Å²) in [4.78, 5) is 42.6. The molecular weight excluding hydrogens is 829 g/mol. The predicted molar refractivity (Wildman–Crippen MR) is 238 cm³/mol. The number of amides is 1. The first kappa shape index (κ1) is 48.1. The van der Waals surface area contributed by atoms with Gasteiger partial charge in [-0.25, -0.2) is 4.79 Å². The Labute approximate surface area is 373 Å². The lowest BCUT2D eigenvalue weighted by atomic mass is 9.78. The van der Waals surface area contributed by atoms with E-state index in [1.807, 2.05) is 5.01 Å². The Balaban J connectivity index is 1.46. The number of nitrogens with one attached hydrogen (secondary N) is 1. The van der Waals surface area contributed by atoms with Crippen LogP contribution < -0.4 is 14.8 Å². The molecule has 4 aliphatic heterocycles. The molecule has 6 N–H and O–H groups in total. The van der Waals surface area contributed by atoms with Crippen molar-refractivity contribution in [2.45, 2.75) is 117 Å². The normalized spacial score (nSPS) is 32.1. The number of hydrogen-bond acceptors (Lipinski definition) is 16. The van der Waals surface area contributed by atoms with Crippen LogP contribution in [0, 0.1) is 30.6 Å². The highest BCUT2D eigenvalue weighted by Crippen LogP contribution is 2.57. The molecule has 6 bridgehead atoms. The van der Waals surface area contributed by atoms with E-state index in [0.29, 0.717) is 19.1 Å². The van der Waals surface area contributed by atoms with Crippen LogP contribution in [0.5, 0.6) is 28.7 Å². The predicted octanol–water partition coefficient (Wildman–Crippen LogP) is 5.37. The number of aliphatic hydroxyl groups is 2. The highest BCUT2D eigenvalue weighted by molar-refractivity contribution is 6.17. The Bertz CT molecular complexity index is 2210. The van der Waals surface area contributed by atoms with Crippen LogP contribution in [-0.2, 0) is 28.6 Å². The minimum atomic E-state index is -2.16. The molecule has 2 aromatic carbocycles. The monoisotopic (exact) mass is 892 g/mol. The zero-order valence-electron chi connectivity index (χ0n) is 38.2. The van der Waals surface area contributed by atoms with E-state index >= 15 is 0 Å². The molecule has 4 heterocycles. The number of piperazine rings is 1. The van der Waals surface area contributed by atoms with Crippen LogP contribution in [0.15, 0.2) is 41.2 Å². The molecule has 2 fully saturated rings. The lowest BCUT2D eigenvalue weighted by molar-refractivity contribution is -0.193. The van der Waals surface area contributed by atoms with Gasteiger partial charge in [-0.2, -0.15) is 5.10 Å². The summed E-state index contributed by atoms with van der Waals surface area (Å²) in [5, 5.41) is 67.4. The first-order valence-corrected chi connectivity index (χ1v) is 22.1. The van der Waals surface area contributed by atoms with Gasteiger partial charge in [0.1, 0.15) is 17.6 Å². The number of esters is 2. The van der Waals surface area contributed by atoms with Crippen molar-refractivity contribution in [3.63, 3.8) is 0 Å². The number of aliphatic hydroxyl groups excluding tert-OH is 2. The number of ether oxygens (including phenoxy) is 5. The van der Waals surface area contributed by atoms with Gasteiger partial charge in [0.2, 0.25) is 0 Å². The molecule has 17 nitrogen and oxygen atoms in total. The second-order valence-corrected chi connectivity index (χ2v) is 17.8. The van der Waals surface area contributed by atoms with E-state index in [9.17, 15) is 39.9 Å². The number of carbonyl (C=O) groups is 3. The first-order chi connectivity index (χ1) is 30.3. The van der Waals surface area contributed by atoms with Crippen LogP contribution in [0.1, 0.15) is 85.3 Å². The van der Waals surface area contributed by atoms with Crippen molar-refractivity contribution in [1.29, 1.82) is 0 Å². The number of anilines is 1. The molecule has 2 aromatic rings. The third-order valence-electron chi connectivity index (χ3n) is 13.4. The Kier molecular flexibility index (Phi) is 14.9. The number of rotatable bonds is 5. The highest BCUT2D eigenvalue weighted by Gasteiger charge is 2.48. The maximum absolute atomic E-state index is 13.9. The molecule has 0 radical (unpaired) electrons. The van der Waals surface area contributed by atoms with Gasteiger partial charge < -0.3 is 54.5 Å². The lowest BCUT2D eigenvalue weighted by Gasteiger charge is -2.38. The van der Waals surface area contributed by atoms with Crippen molar-refractivity contribution >= 4 is 40.5 Å². The smallest absolute Gasteiger partial charge is 0.398 e. The zero-order chi connectivity index (χ0) is 46.8. The minimum Gasteiger partial charge on any atom is -0.507 e. The summed E-state index contributed by atoms with van der Waals surface area (Å²) in [6.07, 6.45) is 9.56. The van der Waals surface area contributed by atoms with E-state index in [2.05, 4.69) is 15.3 Å². The number of phenolic OH excluding ortho intramolecular Hbond substituents is 3. The van der Waals surface area contributed by atoms with Crippen LogP contribution in [-0.4, -0.2) is 129 Å². The molecule has 64 heavy (non-hydrogen) atoms. The van der Waals surface area contributed by atoms with E-state index in [0.717, 1.165) is 19.4 Å². The third-order valence-corrected chi connectivity index (χ3v) is 13.4. The molecule has 9 atom stereocenters. The molecule has 0 spiro atoms. The summed E-state index contributed by atoms with van der Waals surface area (Å²) >= 11 is 0. The number of methoxy groups -OCH3 is 1. The fraction of sp³-hybridized carbons (Fsp3) is 0.574. The van der Waals surface area contributed by atoms with Crippen LogP contribution in [0.3, 0.4) is 0 Å². The van der Waals surface area contributed by atoms with Crippen LogP contribution in [0.4, 0.5) is 5.69 Å². The summed E-state index contributed by atoms with van der Waals surface area (Å²) in [6, 6.07) is 0.549. The maximum Gasteiger partial charge on any atom is 0.398 e. The zero-order valence-corrected chi connectivity index (χ0v) is 38.2. The van der Waals surface area contributed by atoms with Crippen LogP contribution >= 0.6 is 0 Å². The summed E-state index contributed by atoms with van der Waals surface area (Å²) < 4.78 is 29.4.